The van der Waals surface area contributed by atoms with Crippen molar-refractivity contribution in [2.24, 2.45) is 34.5 Å². The summed E-state index contributed by atoms with van der Waals surface area (Å²) in [6, 6.07) is 47.0. The Morgan fingerprint density at radius 1 is 0.409 bits per heavy atom. The first-order valence-corrected chi connectivity index (χ1v) is 20.6. The lowest BCUT2D eigenvalue weighted by atomic mass is 9.34. The number of benzene rings is 4. The molecule has 44 heavy (non-hydrogen) atoms. The van der Waals surface area contributed by atoms with Gasteiger partial charge in [0.2, 0.25) is 0 Å². The van der Waals surface area contributed by atoms with Gasteiger partial charge in [0.05, 0.1) is 0 Å². The van der Waals surface area contributed by atoms with Gasteiger partial charge >= 0.3 is 0 Å². The second-order valence-electron chi connectivity index (χ2n) is 14.4. The number of rotatable bonds is 8. The Bertz CT molecular complexity index is 1310. The van der Waals surface area contributed by atoms with Gasteiger partial charge in [0.1, 0.15) is 0 Å². The van der Waals surface area contributed by atoms with Crippen LogP contribution in [0.2, 0.25) is 0 Å². The Morgan fingerprint density at radius 3 is 1.05 bits per heavy atom. The van der Waals surface area contributed by atoms with Crippen LogP contribution in [-0.4, -0.2) is 12.3 Å². The van der Waals surface area contributed by atoms with Crippen molar-refractivity contribution in [2.75, 3.05) is 12.3 Å². The van der Waals surface area contributed by atoms with E-state index < -0.39 is 15.8 Å². The molecule has 0 amide bonds. The highest BCUT2D eigenvalue weighted by atomic mass is 31.1. The van der Waals surface area contributed by atoms with E-state index in [1.807, 2.05) is 0 Å². The van der Waals surface area contributed by atoms with Crippen LogP contribution in [0.4, 0.5) is 0 Å². The van der Waals surface area contributed by atoms with Crippen molar-refractivity contribution in [3.05, 3.63) is 121 Å². The molecular weight excluding hydrogens is 566 g/mol. The summed E-state index contributed by atoms with van der Waals surface area (Å²) in [7, 11) is -0.842. The number of hydrogen-bond donors (Lipinski definition) is 0. The lowest BCUT2D eigenvalue weighted by Crippen LogP contribution is -2.68. The van der Waals surface area contributed by atoms with Crippen molar-refractivity contribution in [3.8, 4) is 0 Å². The second kappa shape index (κ2) is 12.5. The molecule has 5 fully saturated rings. The molecule has 4 aromatic carbocycles. The first kappa shape index (κ1) is 29.2. The summed E-state index contributed by atoms with van der Waals surface area (Å²) in [4.78, 5) is 0. The molecule has 0 nitrogen and oxygen atoms in total. The highest BCUT2D eigenvalue weighted by Gasteiger charge is 2.69. The summed E-state index contributed by atoms with van der Waals surface area (Å²) in [5, 5.41) is 6.38. The zero-order valence-electron chi connectivity index (χ0n) is 26.2. The molecule has 2 heteroatoms. The van der Waals surface area contributed by atoms with Crippen LogP contribution >= 0.6 is 15.8 Å². The summed E-state index contributed by atoms with van der Waals surface area (Å²) in [5.74, 6) is 3.74. The van der Waals surface area contributed by atoms with Crippen LogP contribution in [0.25, 0.3) is 0 Å². The van der Waals surface area contributed by atoms with E-state index in [0.29, 0.717) is 10.8 Å². The maximum absolute atomic E-state index is 2.46. The Kier molecular flexibility index (Phi) is 8.29. The zero-order chi connectivity index (χ0) is 29.4. The quantitative estimate of drug-likeness (QED) is 0.173. The van der Waals surface area contributed by atoms with Gasteiger partial charge in [-0.1, -0.05) is 147 Å². The van der Waals surface area contributed by atoms with Crippen molar-refractivity contribution in [3.63, 3.8) is 0 Å². The SMILES string of the molecule is c1ccc(P(CC23CCCCC2(CP(c2ccccc2)c2ccccc2)C2CCC3C3CCCCC32)c2ccccc2)cc1. The molecule has 0 spiro atoms. The van der Waals surface area contributed by atoms with Crippen molar-refractivity contribution >= 4 is 37.1 Å². The van der Waals surface area contributed by atoms with Crippen LogP contribution in [0.3, 0.4) is 0 Å². The molecule has 9 rings (SSSR count). The Labute approximate surface area is 268 Å². The van der Waals surface area contributed by atoms with E-state index in [1.54, 1.807) is 21.2 Å². The summed E-state index contributed by atoms with van der Waals surface area (Å²) < 4.78 is 0. The molecule has 5 saturated carbocycles. The van der Waals surface area contributed by atoms with Gasteiger partial charge < -0.3 is 0 Å². The fraction of sp³-hybridized carbons (Fsp3) is 0.429. The average molecular weight is 615 g/mol. The van der Waals surface area contributed by atoms with Crippen LogP contribution in [0.5, 0.6) is 0 Å². The van der Waals surface area contributed by atoms with Gasteiger partial charge in [0.15, 0.2) is 0 Å². The van der Waals surface area contributed by atoms with Crippen LogP contribution in [0, 0.1) is 34.5 Å². The Balaban J connectivity index is 1.31. The third kappa shape index (κ3) is 4.95. The predicted molar refractivity (Wildman–Crippen MR) is 193 cm³/mol. The molecule has 4 aromatic rings. The maximum Gasteiger partial charge on any atom is -0.0158 e. The molecule has 5 aliphatic carbocycles. The molecule has 6 unspecified atom stereocenters. The summed E-state index contributed by atoms with van der Waals surface area (Å²) in [5.41, 5.74) is 0.877. The molecule has 0 aliphatic heterocycles. The molecule has 6 atom stereocenters. The van der Waals surface area contributed by atoms with Gasteiger partial charge in [0.25, 0.3) is 0 Å². The van der Waals surface area contributed by atoms with E-state index in [0.717, 1.165) is 23.7 Å². The second-order valence-corrected chi connectivity index (χ2v) is 18.8. The number of hydrogen-bond acceptors (Lipinski definition) is 0. The fourth-order valence-corrected chi connectivity index (χ4v) is 17.2. The zero-order valence-corrected chi connectivity index (χ0v) is 28.0. The lowest BCUT2D eigenvalue weighted by molar-refractivity contribution is -0.212. The van der Waals surface area contributed by atoms with Crippen LogP contribution in [0.1, 0.15) is 64.2 Å². The van der Waals surface area contributed by atoms with Gasteiger partial charge in [-0.25, -0.2) is 0 Å². The number of fused-ring (bicyclic) bond motifs is 1. The van der Waals surface area contributed by atoms with Gasteiger partial charge in [-0.2, -0.15) is 0 Å². The van der Waals surface area contributed by atoms with Crippen LogP contribution < -0.4 is 21.2 Å². The molecule has 0 aromatic heterocycles. The molecule has 0 saturated heterocycles. The van der Waals surface area contributed by atoms with E-state index in [4.69, 9.17) is 0 Å². The molecular formula is C42H48P2. The van der Waals surface area contributed by atoms with E-state index >= 15 is 0 Å². The summed E-state index contributed by atoms with van der Waals surface area (Å²) in [6.45, 7) is 0. The third-order valence-corrected chi connectivity index (χ3v) is 18.2. The van der Waals surface area contributed by atoms with Gasteiger partial charge in [-0.3, -0.25) is 0 Å². The van der Waals surface area contributed by atoms with Gasteiger partial charge in [-0.15, -0.1) is 0 Å². The van der Waals surface area contributed by atoms with Gasteiger partial charge in [0, 0.05) is 0 Å². The molecule has 5 aliphatic rings. The van der Waals surface area contributed by atoms with Gasteiger partial charge in [-0.05, 0) is 122 Å². The van der Waals surface area contributed by atoms with Crippen LogP contribution in [-0.2, 0) is 0 Å². The fourth-order valence-electron chi connectivity index (χ4n) is 11.2. The minimum Gasteiger partial charge on any atom is -0.0622 e. The van der Waals surface area contributed by atoms with E-state index in [1.165, 1.54) is 76.5 Å². The van der Waals surface area contributed by atoms with Crippen LogP contribution in [0.15, 0.2) is 121 Å². The highest BCUT2D eigenvalue weighted by molar-refractivity contribution is 7.73. The standard InChI is InChI=1S/C42H48P2/c1-5-17-33(18-6-1)43(34-19-7-2-8-20-34)31-41-29-15-16-30-42(41,40-28-27-39(41)37-25-13-14-26-38(37)40)32-44(35-21-9-3-10-22-35)36-23-11-4-12-24-36/h1-12,17-24,37-40H,13-16,25-32H2. The predicted octanol–water partition coefficient (Wildman–Crippen LogP) is 9.65. The molecule has 2 bridgehead atoms. The first-order chi connectivity index (χ1) is 21.8. The Hall–Kier alpha value is -2.26. The average Bonchev–Trinajstić information content (AvgIpc) is 3.11. The lowest BCUT2D eigenvalue weighted by Gasteiger charge is -2.73. The Morgan fingerprint density at radius 2 is 0.727 bits per heavy atom. The summed E-state index contributed by atoms with van der Waals surface area (Å²) in [6.07, 6.45) is 17.5. The monoisotopic (exact) mass is 614 g/mol. The largest absolute Gasteiger partial charge is 0.0622 e. The minimum atomic E-state index is -0.421. The highest BCUT2D eigenvalue weighted by Crippen LogP contribution is 2.76. The van der Waals surface area contributed by atoms with Crippen molar-refractivity contribution in [2.45, 2.75) is 64.2 Å². The topological polar surface area (TPSA) is 0 Å². The first-order valence-electron chi connectivity index (χ1n) is 17.5. The van der Waals surface area contributed by atoms with E-state index in [2.05, 4.69) is 121 Å². The summed E-state index contributed by atoms with van der Waals surface area (Å²) >= 11 is 0. The molecule has 0 heterocycles. The normalized spacial score (nSPS) is 31.0. The maximum atomic E-state index is 2.46. The van der Waals surface area contributed by atoms with Crippen molar-refractivity contribution in [1.82, 2.24) is 0 Å². The molecule has 226 valence electrons. The van der Waals surface area contributed by atoms with E-state index in [-0.39, 0.29) is 0 Å². The molecule has 0 N–H and O–H groups in total. The van der Waals surface area contributed by atoms with Crippen molar-refractivity contribution < 1.29 is 0 Å². The third-order valence-electron chi connectivity index (χ3n) is 12.8. The van der Waals surface area contributed by atoms with E-state index in [9.17, 15) is 0 Å². The minimum absolute atomic E-state index is 0.421. The van der Waals surface area contributed by atoms with Crippen molar-refractivity contribution in [1.29, 1.82) is 0 Å². The smallest absolute Gasteiger partial charge is 0.0158 e. The molecule has 0 radical (unpaired) electrons.